The van der Waals surface area contributed by atoms with Crippen LogP contribution < -0.4 is 5.32 Å². The molecule has 0 spiro atoms. The summed E-state index contributed by atoms with van der Waals surface area (Å²) in [6.07, 6.45) is 0. The maximum atomic E-state index is 10.5. The van der Waals surface area contributed by atoms with Crippen molar-refractivity contribution in [2.45, 2.75) is 12.6 Å². The van der Waals surface area contributed by atoms with Gasteiger partial charge in [0.25, 0.3) is 0 Å². The molecule has 1 rings (SSSR count). The molecular formula is C8H10BrNO4. The molecule has 0 aliphatic heterocycles. The summed E-state index contributed by atoms with van der Waals surface area (Å²) in [7, 11) is 0. The number of furan rings is 1. The van der Waals surface area contributed by atoms with Crippen LogP contribution in [0.4, 0.5) is 0 Å². The Kier molecular flexibility index (Phi) is 4.12. The molecular weight excluding hydrogens is 254 g/mol. The molecule has 0 bridgehead atoms. The minimum atomic E-state index is -1.09. The first-order valence-corrected chi connectivity index (χ1v) is 4.74. The van der Waals surface area contributed by atoms with E-state index in [0.29, 0.717) is 10.4 Å². The van der Waals surface area contributed by atoms with Gasteiger partial charge in [0, 0.05) is 0 Å². The average Bonchev–Trinajstić information content (AvgIpc) is 2.52. The zero-order valence-corrected chi connectivity index (χ0v) is 8.82. The van der Waals surface area contributed by atoms with Crippen molar-refractivity contribution in [2.24, 2.45) is 0 Å². The van der Waals surface area contributed by atoms with Crippen LogP contribution in [0.2, 0.25) is 0 Å². The number of hydrogen-bond donors (Lipinski definition) is 3. The van der Waals surface area contributed by atoms with Gasteiger partial charge in [-0.3, -0.25) is 10.1 Å². The lowest BCUT2D eigenvalue weighted by Crippen LogP contribution is -2.39. The molecule has 1 aromatic rings. The summed E-state index contributed by atoms with van der Waals surface area (Å²) in [4.78, 5) is 10.5. The summed E-state index contributed by atoms with van der Waals surface area (Å²) in [6.45, 7) is -0.180. The van der Waals surface area contributed by atoms with Gasteiger partial charge in [0.2, 0.25) is 0 Å². The number of carboxylic acids is 1. The van der Waals surface area contributed by atoms with E-state index in [9.17, 15) is 4.79 Å². The Morgan fingerprint density at radius 3 is 2.79 bits per heavy atom. The Morgan fingerprint density at radius 2 is 2.36 bits per heavy atom. The molecule has 0 radical (unpaired) electrons. The maximum Gasteiger partial charge on any atom is 0.323 e. The number of nitrogens with one attached hydrogen (secondary N) is 1. The van der Waals surface area contributed by atoms with Crippen molar-refractivity contribution in [3.05, 3.63) is 22.6 Å². The quantitative estimate of drug-likeness (QED) is 0.724. The smallest absolute Gasteiger partial charge is 0.323 e. The molecule has 0 saturated carbocycles. The normalized spacial score (nSPS) is 12.7. The molecule has 1 aromatic heterocycles. The highest BCUT2D eigenvalue weighted by Crippen LogP contribution is 2.13. The molecule has 0 aliphatic carbocycles. The number of aliphatic carboxylic acids is 1. The fourth-order valence-corrected chi connectivity index (χ4v) is 1.24. The lowest BCUT2D eigenvalue weighted by atomic mass is 10.3. The van der Waals surface area contributed by atoms with E-state index in [1.165, 1.54) is 0 Å². The van der Waals surface area contributed by atoms with Gasteiger partial charge in [-0.1, -0.05) is 0 Å². The van der Waals surface area contributed by atoms with Gasteiger partial charge in [-0.2, -0.15) is 0 Å². The van der Waals surface area contributed by atoms with E-state index in [2.05, 4.69) is 21.2 Å². The van der Waals surface area contributed by atoms with E-state index >= 15 is 0 Å². The second-order valence-electron chi connectivity index (χ2n) is 2.66. The molecule has 3 N–H and O–H groups in total. The number of rotatable bonds is 5. The molecule has 0 aromatic carbocycles. The third kappa shape index (κ3) is 3.13. The summed E-state index contributed by atoms with van der Waals surface area (Å²) in [5, 5.41) is 19.9. The number of carbonyl (C=O) groups is 1. The van der Waals surface area contributed by atoms with Crippen molar-refractivity contribution in [2.75, 3.05) is 6.61 Å². The van der Waals surface area contributed by atoms with Crippen LogP contribution in [0, 0.1) is 0 Å². The van der Waals surface area contributed by atoms with Gasteiger partial charge in [-0.15, -0.1) is 0 Å². The summed E-state index contributed by atoms with van der Waals surface area (Å²) in [5.74, 6) is -0.477. The van der Waals surface area contributed by atoms with Gasteiger partial charge >= 0.3 is 5.97 Å². The van der Waals surface area contributed by atoms with Crippen molar-refractivity contribution in [3.8, 4) is 0 Å². The van der Waals surface area contributed by atoms with Crippen LogP contribution in [0.1, 0.15) is 5.76 Å². The van der Waals surface area contributed by atoms with Crippen LogP contribution >= 0.6 is 15.9 Å². The number of hydrogen-bond acceptors (Lipinski definition) is 4. The monoisotopic (exact) mass is 263 g/mol. The highest BCUT2D eigenvalue weighted by atomic mass is 79.9. The topological polar surface area (TPSA) is 82.7 Å². The Hall–Kier alpha value is -0.850. The molecule has 78 valence electrons. The second kappa shape index (κ2) is 5.14. The number of carboxylic acid groups (broad SMARTS) is 1. The molecule has 6 heteroatoms. The predicted octanol–water partition coefficient (Wildman–Crippen LogP) is 0.577. The first-order chi connectivity index (χ1) is 6.63. The lowest BCUT2D eigenvalue weighted by Gasteiger charge is -2.09. The van der Waals surface area contributed by atoms with Crippen molar-refractivity contribution < 1.29 is 19.4 Å². The number of halogens is 1. The predicted molar refractivity (Wildman–Crippen MR) is 51.8 cm³/mol. The van der Waals surface area contributed by atoms with E-state index in [1.54, 1.807) is 12.1 Å². The first kappa shape index (κ1) is 11.2. The highest BCUT2D eigenvalue weighted by Gasteiger charge is 2.15. The summed E-state index contributed by atoms with van der Waals surface area (Å²) in [5.41, 5.74) is 0. The standard InChI is InChI=1S/C8H10BrNO4/c9-7-2-1-5(14-7)3-10-6(4-11)8(12)13/h1-2,6,10-11H,3-4H2,(H,12,13). The summed E-state index contributed by atoms with van der Waals surface area (Å²) >= 11 is 3.13. The number of aliphatic hydroxyl groups is 1. The Bertz CT molecular complexity index is 312. The molecule has 14 heavy (non-hydrogen) atoms. The Labute approximate surface area is 88.9 Å². The average molecular weight is 264 g/mol. The molecule has 1 heterocycles. The van der Waals surface area contributed by atoms with Gasteiger partial charge in [-0.05, 0) is 28.1 Å². The minimum Gasteiger partial charge on any atom is -0.480 e. The Morgan fingerprint density at radius 1 is 1.64 bits per heavy atom. The van der Waals surface area contributed by atoms with E-state index in [4.69, 9.17) is 14.6 Å². The molecule has 0 amide bonds. The van der Waals surface area contributed by atoms with E-state index < -0.39 is 18.6 Å². The van der Waals surface area contributed by atoms with Gasteiger partial charge < -0.3 is 14.6 Å². The Balaban J connectivity index is 2.43. The maximum absolute atomic E-state index is 10.5. The summed E-state index contributed by atoms with van der Waals surface area (Å²) < 4.78 is 5.73. The molecule has 5 nitrogen and oxygen atoms in total. The lowest BCUT2D eigenvalue weighted by molar-refractivity contribution is -0.140. The van der Waals surface area contributed by atoms with E-state index in [-0.39, 0.29) is 6.54 Å². The molecule has 0 aliphatic rings. The fourth-order valence-electron chi connectivity index (χ4n) is 0.900. The highest BCUT2D eigenvalue weighted by molar-refractivity contribution is 9.10. The minimum absolute atomic E-state index is 0.267. The number of aliphatic hydroxyl groups excluding tert-OH is 1. The molecule has 1 unspecified atom stereocenters. The van der Waals surface area contributed by atoms with Crippen molar-refractivity contribution in [1.82, 2.24) is 5.32 Å². The van der Waals surface area contributed by atoms with Crippen LogP contribution in [-0.2, 0) is 11.3 Å². The van der Waals surface area contributed by atoms with Crippen LogP contribution in [0.3, 0.4) is 0 Å². The van der Waals surface area contributed by atoms with Crippen LogP contribution in [0.15, 0.2) is 21.2 Å². The van der Waals surface area contributed by atoms with Crippen LogP contribution in [-0.4, -0.2) is 28.8 Å². The van der Waals surface area contributed by atoms with E-state index in [0.717, 1.165) is 0 Å². The molecule has 0 fully saturated rings. The van der Waals surface area contributed by atoms with Crippen LogP contribution in [0.25, 0.3) is 0 Å². The zero-order chi connectivity index (χ0) is 10.6. The van der Waals surface area contributed by atoms with Gasteiger partial charge in [0.15, 0.2) is 4.67 Å². The van der Waals surface area contributed by atoms with Crippen LogP contribution in [0.5, 0.6) is 0 Å². The molecule has 0 saturated heterocycles. The third-order valence-electron chi connectivity index (χ3n) is 1.63. The third-order valence-corrected chi connectivity index (χ3v) is 2.06. The van der Waals surface area contributed by atoms with Gasteiger partial charge in [-0.25, -0.2) is 0 Å². The van der Waals surface area contributed by atoms with E-state index in [1.807, 2.05) is 0 Å². The summed E-state index contributed by atoms with van der Waals surface area (Å²) in [6, 6.07) is 2.47. The largest absolute Gasteiger partial charge is 0.480 e. The van der Waals surface area contributed by atoms with Gasteiger partial charge in [0.1, 0.15) is 11.8 Å². The fraction of sp³-hybridized carbons (Fsp3) is 0.375. The second-order valence-corrected chi connectivity index (χ2v) is 3.44. The molecule has 1 atom stereocenters. The van der Waals surface area contributed by atoms with Crippen molar-refractivity contribution in [3.63, 3.8) is 0 Å². The van der Waals surface area contributed by atoms with Crippen molar-refractivity contribution >= 4 is 21.9 Å². The first-order valence-electron chi connectivity index (χ1n) is 3.94. The SMILES string of the molecule is O=C(O)C(CO)NCc1ccc(Br)o1. The van der Waals surface area contributed by atoms with Crippen molar-refractivity contribution in [1.29, 1.82) is 0 Å². The zero-order valence-electron chi connectivity index (χ0n) is 7.24. The van der Waals surface area contributed by atoms with Gasteiger partial charge in [0.05, 0.1) is 13.2 Å².